The Morgan fingerprint density at radius 2 is 1.91 bits per heavy atom. The van der Waals surface area contributed by atoms with E-state index in [1.807, 2.05) is 13.8 Å². The Hall–Kier alpha value is -1.63. The van der Waals surface area contributed by atoms with Crippen LogP contribution < -0.4 is 10.2 Å². The van der Waals surface area contributed by atoms with Gasteiger partial charge in [0.15, 0.2) is 0 Å². The fourth-order valence-electron chi connectivity index (χ4n) is 3.96. The number of halogens is 3. The first-order valence-electron chi connectivity index (χ1n) is 7.74. The second-order valence-electron chi connectivity index (χ2n) is 6.90. The van der Waals surface area contributed by atoms with Crippen molar-refractivity contribution < 1.29 is 18.0 Å². The van der Waals surface area contributed by atoms with Crippen LogP contribution in [0, 0.1) is 5.41 Å². The van der Waals surface area contributed by atoms with Gasteiger partial charge in [0.25, 0.3) is 0 Å². The lowest BCUT2D eigenvalue weighted by Gasteiger charge is -2.46. The zero-order valence-electron chi connectivity index (χ0n) is 13.2. The molecule has 2 aliphatic heterocycles. The van der Waals surface area contributed by atoms with Gasteiger partial charge in [-0.05, 0) is 51.9 Å². The molecule has 0 bridgehead atoms. The van der Waals surface area contributed by atoms with Gasteiger partial charge >= 0.3 is 6.18 Å². The maximum absolute atomic E-state index is 13.0. The summed E-state index contributed by atoms with van der Waals surface area (Å²) in [5, 5.41) is 3.28. The number of hydrogen-bond donors (Lipinski definition) is 1. The van der Waals surface area contributed by atoms with E-state index in [2.05, 4.69) is 10.3 Å². The summed E-state index contributed by atoms with van der Waals surface area (Å²) in [7, 11) is 0. The average molecular weight is 327 g/mol. The number of carbonyl (C=O) groups is 1. The summed E-state index contributed by atoms with van der Waals surface area (Å²) in [6, 6.07) is 1.90. The summed E-state index contributed by atoms with van der Waals surface area (Å²) in [6.07, 6.45) is -1.30. The van der Waals surface area contributed by atoms with Crippen LogP contribution in [0.1, 0.15) is 38.7 Å². The summed E-state index contributed by atoms with van der Waals surface area (Å²) in [4.78, 5) is 18.1. The highest BCUT2D eigenvalue weighted by atomic mass is 19.4. The Kier molecular flexibility index (Phi) is 3.66. The summed E-state index contributed by atoms with van der Waals surface area (Å²) in [5.41, 5.74) is -1.56. The number of carbonyl (C=O) groups excluding carboxylic acids is 1. The van der Waals surface area contributed by atoms with Crippen molar-refractivity contribution in [1.82, 2.24) is 10.3 Å². The first-order chi connectivity index (χ1) is 10.7. The van der Waals surface area contributed by atoms with Crippen molar-refractivity contribution in [2.24, 2.45) is 5.41 Å². The van der Waals surface area contributed by atoms with Crippen LogP contribution in [0.2, 0.25) is 0 Å². The van der Waals surface area contributed by atoms with E-state index in [0.717, 1.165) is 44.3 Å². The molecule has 1 amide bonds. The minimum absolute atomic E-state index is 0.0882. The molecule has 126 valence electrons. The van der Waals surface area contributed by atoms with Gasteiger partial charge < -0.3 is 5.32 Å². The van der Waals surface area contributed by atoms with Crippen LogP contribution in [-0.2, 0) is 11.0 Å². The Labute approximate surface area is 133 Å². The van der Waals surface area contributed by atoms with Crippen LogP contribution in [0.15, 0.2) is 18.3 Å². The molecule has 0 aliphatic carbocycles. The number of alkyl halides is 3. The third-order valence-electron chi connectivity index (χ3n) is 5.46. The fourth-order valence-corrected chi connectivity index (χ4v) is 3.96. The largest absolute Gasteiger partial charge is 0.416 e. The Morgan fingerprint density at radius 1 is 1.26 bits per heavy atom. The van der Waals surface area contributed by atoms with Crippen molar-refractivity contribution in [3.63, 3.8) is 0 Å². The predicted molar refractivity (Wildman–Crippen MR) is 80.0 cm³/mol. The molecule has 3 heterocycles. The van der Waals surface area contributed by atoms with Crippen molar-refractivity contribution in [2.75, 3.05) is 18.0 Å². The molecule has 23 heavy (non-hydrogen) atoms. The van der Waals surface area contributed by atoms with Crippen LogP contribution in [0.25, 0.3) is 0 Å². The number of amides is 1. The van der Waals surface area contributed by atoms with E-state index < -0.39 is 17.3 Å². The van der Waals surface area contributed by atoms with Crippen LogP contribution in [0.4, 0.5) is 19.0 Å². The Balaban J connectivity index is 2.01. The standard InChI is InChI=1S/C16H20F3N3O/c1-14(2)15(4-7-20-8-5-15)10-13(23)22(14)12-9-11(3-6-21-12)16(17,18)19/h3,6,9,20H,4-5,7-8,10H2,1-2H3. The highest BCUT2D eigenvalue weighted by molar-refractivity contribution is 5.97. The lowest BCUT2D eigenvalue weighted by Crippen LogP contribution is -2.53. The number of pyridine rings is 1. The van der Waals surface area contributed by atoms with Gasteiger partial charge in [0.1, 0.15) is 5.82 Å². The topological polar surface area (TPSA) is 45.2 Å². The van der Waals surface area contributed by atoms with Gasteiger partial charge in [-0.2, -0.15) is 13.2 Å². The molecule has 2 aliphatic rings. The Morgan fingerprint density at radius 3 is 2.52 bits per heavy atom. The van der Waals surface area contributed by atoms with Gasteiger partial charge in [-0.15, -0.1) is 0 Å². The molecule has 0 unspecified atom stereocenters. The van der Waals surface area contributed by atoms with Gasteiger partial charge in [-0.3, -0.25) is 9.69 Å². The molecule has 0 atom stereocenters. The summed E-state index contributed by atoms with van der Waals surface area (Å²) in [5.74, 6) is -0.0612. The molecular formula is C16H20F3N3O. The average Bonchev–Trinajstić information content (AvgIpc) is 2.65. The van der Waals surface area contributed by atoms with Gasteiger partial charge in [0.2, 0.25) is 5.91 Å². The molecule has 4 nitrogen and oxygen atoms in total. The highest BCUT2D eigenvalue weighted by Crippen LogP contribution is 2.53. The zero-order valence-corrected chi connectivity index (χ0v) is 13.2. The first kappa shape index (κ1) is 16.2. The van der Waals surface area contributed by atoms with Crippen molar-refractivity contribution in [1.29, 1.82) is 0 Å². The minimum atomic E-state index is -4.45. The number of rotatable bonds is 1. The first-order valence-corrected chi connectivity index (χ1v) is 7.74. The number of nitrogens with one attached hydrogen (secondary N) is 1. The normalized spacial score (nSPS) is 23.5. The molecule has 1 aromatic heterocycles. The molecule has 3 rings (SSSR count). The van der Waals surface area contributed by atoms with Crippen molar-refractivity contribution >= 4 is 11.7 Å². The Bertz CT molecular complexity index is 621. The third-order valence-corrected chi connectivity index (χ3v) is 5.46. The minimum Gasteiger partial charge on any atom is -0.317 e. The summed E-state index contributed by atoms with van der Waals surface area (Å²) >= 11 is 0. The van der Waals surface area contributed by atoms with E-state index in [4.69, 9.17) is 0 Å². The lowest BCUT2D eigenvalue weighted by atomic mass is 9.66. The number of hydrogen-bond acceptors (Lipinski definition) is 3. The molecule has 0 saturated carbocycles. The molecule has 2 fully saturated rings. The monoisotopic (exact) mass is 327 g/mol. The number of nitrogens with zero attached hydrogens (tertiary/aromatic N) is 2. The van der Waals surface area contributed by atoms with Crippen molar-refractivity contribution in [3.8, 4) is 0 Å². The van der Waals surface area contributed by atoms with E-state index >= 15 is 0 Å². The SMILES string of the molecule is CC1(C)N(c2cc(C(F)(F)F)ccn2)C(=O)CC12CCNCC2. The molecule has 2 saturated heterocycles. The van der Waals surface area contributed by atoms with E-state index in [-0.39, 0.29) is 17.1 Å². The van der Waals surface area contributed by atoms with Crippen LogP contribution >= 0.6 is 0 Å². The highest BCUT2D eigenvalue weighted by Gasteiger charge is 2.58. The maximum Gasteiger partial charge on any atom is 0.416 e. The van der Waals surface area contributed by atoms with Crippen LogP contribution in [0.5, 0.6) is 0 Å². The zero-order chi connectivity index (χ0) is 16.9. The van der Waals surface area contributed by atoms with Crippen LogP contribution in [0.3, 0.4) is 0 Å². The molecule has 1 aromatic rings. The quantitative estimate of drug-likeness (QED) is 0.862. The number of aromatic nitrogens is 1. The number of piperidine rings is 1. The van der Waals surface area contributed by atoms with E-state index in [9.17, 15) is 18.0 Å². The maximum atomic E-state index is 13.0. The molecule has 1 N–H and O–H groups in total. The van der Waals surface area contributed by atoms with E-state index in [1.54, 1.807) is 0 Å². The van der Waals surface area contributed by atoms with E-state index in [0.29, 0.717) is 6.42 Å². The molecule has 0 aromatic carbocycles. The second-order valence-corrected chi connectivity index (χ2v) is 6.90. The predicted octanol–water partition coefficient (Wildman–Crippen LogP) is 2.99. The smallest absolute Gasteiger partial charge is 0.317 e. The summed E-state index contributed by atoms with van der Waals surface area (Å²) < 4.78 is 38.9. The number of anilines is 1. The van der Waals surface area contributed by atoms with Crippen molar-refractivity contribution in [3.05, 3.63) is 23.9 Å². The van der Waals surface area contributed by atoms with Gasteiger partial charge in [-0.1, -0.05) is 0 Å². The second kappa shape index (κ2) is 5.19. The van der Waals surface area contributed by atoms with E-state index in [1.165, 1.54) is 4.90 Å². The molecule has 7 heteroatoms. The molecular weight excluding hydrogens is 307 g/mol. The van der Waals surface area contributed by atoms with Crippen molar-refractivity contribution in [2.45, 2.75) is 44.8 Å². The van der Waals surface area contributed by atoms with Gasteiger partial charge in [-0.25, -0.2) is 4.98 Å². The molecule has 0 radical (unpaired) electrons. The lowest BCUT2D eigenvalue weighted by molar-refractivity contribution is -0.137. The van der Waals surface area contributed by atoms with Crippen LogP contribution in [-0.4, -0.2) is 29.5 Å². The van der Waals surface area contributed by atoms with Gasteiger partial charge in [0.05, 0.1) is 5.56 Å². The third kappa shape index (κ3) is 2.51. The molecule has 1 spiro atoms. The fraction of sp³-hybridized carbons (Fsp3) is 0.625. The van der Waals surface area contributed by atoms with Gasteiger partial charge in [0, 0.05) is 23.6 Å². The summed E-state index contributed by atoms with van der Waals surface area (Å²) in [6.45, 7) is 5.51.